The number of nitrogens with zero attached hydrogens (tertiary/aromatic N) is 4. The maximum Gasteiger partial charge on any atom is 0.223 e. The summed E-state index contributed by atoms with van der Waals surface area (Å²) in [5, 5.41) is 9.57. The number of pyridine rings is 1. The highest BCUT2D eigenvalue weighted by Crippen LogP contribution is 2.33. The minimum absolute atomic E-state index is 0.113. The van der Waals surface area contributed by atoms with Crippen LogP contribution in [0, 0.1) is 24.2 Å². The summed E-state index contributed by atoms with van der Waals surface area (Å²) in [6, 6.07) is 9.16. The molecule has 6 nitrogen and oxygen atoms in total. The lowest BCUT2D eigenvalue weighted by Gasteiger charge is -2.40. The van der Waals surface area contributed by atoms with Gasteiger partial charge in [-0.3, -0.25) is 19.5 Å². The fraction of sp³-hybridized carbons (Fsp3) is 0.481. The van der Waals surface area contributed by atoms with Crippen molar-refractivity contribution < 1.29 is 14.0 Å². The largest absolute Gasteiger partial charge is 0.337 e. The molecule has 0 spiro atoms. The third-order valence-electron chi connectivity index (χ3n) is 6.97. The average Bonchev–Trinajstić information content (AvgIpc) is 3.65. The van der Waals surface area contributed by atoms with Gasteiger partial charge in [0.15, 0.2) is 5.78 Å². The maximum absolute atomic E-state index is 12.8. The zero-order chi connectivity index (χ0) is 24.2. The molecule has 2 aromatic rings. The van der Waals surface area contributed by atoms with Crippen LogP contribution in [0.2, 0.25) is 0 Å². The Labute approximate surface area is 200 Å². The number of alkyl halides is 1. The number of benzene rings is 1. The molecule has 0 bridgehead atoms. The van der Waals surface area contributed by atoms with Crippen molar-refractivity contribution in [3.8, 4) is 6.07 Å². The molecular formula is C27H31FN4O2. The van der Waals surface area contributed by atoms with Crippen LogP contribution in [-0.2, 0) is 24.4 Å². The number of Topliss-reactive ketones (excluding diaryl/α,β-unsaturated/α-hetero) is 1. The van der Waals surface area contributed by atoms with E-state index in [0.717, 1.165) is 36.3 Å². The molecule has 1 atom stereocenters. The number of carbonyl (C=O) groups is 2. The molecule has 1 amide bonds. The zero-order valence-corrected chi connectivity index (χ0v) is 19.9. The number of piperazine rings is 1. The molecule has 1 aliphatic heterocycles. The summed E-state index contributed by atoms with van der Waals surface area (Å²) in [7, 11) is 0. The maximum atomic E-state index is 12.8. The standard InChI is InChI=1S/C27H31FN4O2/c1-18-16-31(7-8-32(18)27(34)11-20-3-4-20)17-24-10-21(14-29)9-23(19(24)2)12-26(33)22-5-6-25(13-28)30-15-22/h5-6,9-10,15,18,20H,3-4,7-8,11-13,16-17H2,1-2H3/t18-/m0/s1. The zero-order valence-electron chi connectivity index (χ0n) is 19.9. The predicted octanol–water partition coefficient (Wildman–Crippen LogP) is 3.99. The Morgan fingerprint density at radius 2 is 1.97 bits per heavy atom. The number of hydrogen-bond donors (Lipinski definition) is 0. The first kappa shape index (κ1) is 24.0. The Morgan fingerprint density at radius 3 is 2.59 bits per heavy atom. The summed E-state index contributed by atoms with van der Waals surface area (Å²) >= 11 is 0. The van der Waals surface area contributed by atoms with Crippen LogP contribution in [0.25, 0.3) is 0 Å². The van der Waals surface area contributed by atoms with E-state index in [1.807, 2.05) is 17.9 Å². The third kappa shape index (κ3) is 5.68. The lowest BCUT2D eigenvalue weighted by Crippen LogP contribution is -2.53. The van der Waals surface area contributed by atoms with E-state index in [2.05, 4.69) is 22.9 Å². The quantitative estimate of drug-likeness (QED) is 0.555. The Bertz CT molecular complexity index is 1100. The Balaban J connectivity index is 1.45. The first-order valence-corrected chi connectivity index (χ1v) is 12.0. The van der Waals surface area contributed by atoms with Crippen molar-refractivity contribution in [3.05, 3.63) is 64.0 Å². The molecule has 178 valence electrons. The molecule has 0 N–H and O–H groups in total. The summed E-state index contributed by atoms with van der Waals surface area (Å²) in [5.41, 5.74) is 4.10. The number of hydrogen-bond acceptors (Lipinski definition) is 5. The molecule has 2 fully saturated rings. The summed E-state index contributed by atoms with van der Waals surface area (Å²) in [5.74, 6) is 0.748. The van der Waals surface area contributed by atoms with E-state index in [1.54, 1.807) is 12.1 Å². The van der Waals surface area contributed by atoms with Crippen LogP contribution >= 0.6 is 0 Å². The molecule has 1 aromatic carbocycles. The van der Waals surface area contributed by atoms with Gasteiger partial charge in [-0.05, 0) is 73.6 Å². The van der Waals surface area contributed by atoms with Crippen molar-refractivity contribution in [2.75, 3.05) is 19.6 Å². The van der Waals surface area contributed by atoms with E-state index < -0.39 is 6.67 Å². The van der Waals surface area contributed by atoms with E-state index >= 15 is 0 Å². The molecule has 7 heteroatoms. The average molecular weight is 463 g/mol. The summed E-state index contributed by atoms with van der Waals surface area (Å²) in [4.78, 5) is 33.7. The molecule has 1 aromatic heterocycles. The first-order valence-electron chi connectivity index (χ1n) is 12.0. The highest BCUT2D eigenvalue weighted by Gasteiger charge is 2.32. The predicted molar refractivity (Wildman–Crippen MR) is 127 cm³/mol. The fourth-order valence-corrected chi connectivity index (χ4v) is 4.67. The summed E-state index contributed by atoms with van der Waals surface area (Å²) < 4.78 is 12.7. The van der Waals surface area contributed by atoms with E-state index in [4.69, 9.17) is 0 Å². The first-order chi connectivity index (χ1) is 16.4. The highest BCUT2D eigenvalue weighted by molar-refractivity contribution is 5.97. The van der Waals surface area contributed by atoms with Gasteiger partial charge < -0.3 is 4.90 Å². The molecule has 4 rings (SSSR count). The normalized spacial score (nSPS) is 18.5. The lowest BCUT2D eigenvalue weighted by molar-refractivity contribution is -0.136. The summed E-state index contributed by atoms with van der Waals surface area (Å²) in [6.07, 6.45) is 4.60. The number of amides is 1. The van der Waals surface area contributed by atoms with E-state index in [1.165, 1.54) is 25.1 Å². The second-order valence-electron chi connectivity index (χ2n) is 9.62. The molecule has 0 radical (unpaired) electrons. The van der Waals surface area contributed by atoms with Gasteiger partial charge in [-0.2, -0.15) is 5.26 Å². The van der Waals surface area contributed by atoms with Crippen LogP contribution in [-0.4, -0.2) is 52.2 Å². The Kier molecular flexibility index (Phi) is 7.38. The van der Waals surface area contributed by atoms with Gasteiger partial charge in [-0.25, -0.2) is 4.39 Å². The molecule has 2 aliphatic rings. The second kappa shape index (κ2) is 10.4. The fourth-order valence-electron chi connectivity index (χ4n) is 4.67. The molecule has 1 aliphatic carbocycles. The molecule has 0 unspecified atom stereocenters. The number of halogens is 1. The Morgan fingerprint density at radius 1 is 1.21 bits per heavy atom. The van der Waals surface area contributed by atoms with Crippen LogP contribution in [0.3, 0.4) is 0 Å². The van der Waals surface area contributed by atoms with E-state index in [9.17, 15) is 19.2 Å². The smallest absolute Gasteiger partial charge is 0.223 e. The van der Waals surface area contributed by atoms with Gasteiger partial charge in [0.25, 0.3) is 0 Å². The van der Waals surface area contributed by atoms with E-state index in [-0.39, 0.29) is 24.2 Å². The molecule has 1 saturated heterocycles. The molecule has 1 saturated carbocycles. The van der Waals surface area contributed by atoms with Crippen molar-refractivity contribution in [1.82, 2.24) is 14.8 Å². The lowest BCUT2D eigenvalue weighted by atomic mass is 9.93. The van der Waals surface area contributed by atoms with Gasteiger partial charge in [0.2, 0.25) is 5.91 Å². The van der Waals surface area contributed by atoms with Crippen LogP contribution in [0.15, 0.2) is 30.5 Å². The number of rotatable bonds is 8. The number of aromatic nitrogens is 1. The van der Waals surface area contributed by atoms with Crippen molar-refractivity contribution in [2.45, 2.75) is 58.8 Å². The highest BCUT2D eigenvalue weighted by atomic mass is 19.1. The van der Waals surface area contributed by atoms with Gasteiger partial charge in [0.05, 0.1) is 17.3 Å². The summed E-state index contributed by atoms with van der Waals surface area (Å²) in [6.45, 7) is 6.39. The third-order valence-corrected chi connectivity index (χ3v) is 6.97. The van der Waals surface area contributed by atoms with Gasteiger partial charge in [0.1, 0.15) is 6.67 Å². The van der Waals surface area contributed by atoms with E-state index in [0.29, 0.717) is 35.7 Å². The van der Waals surface area contributed by atoms with Crippen molar-refractivity contribution >= 4 is 11.7 Å². The van der Waals surface area contributed by atoms with Crippen LogP contribution in [0.4, 0.5) is 4.39 Å². The molecule has 2 heterocycles. The van der Waals surface area contributed by atoms with Gasteiger partial charge in [-0.1, -0.05) is 0 Å². The number of nitriles is 1. The minimum Gasteiger partial charge on any atom is -0.337 e. The number of ketones is 1. The van der Waals surface area contributed by atoms with Crippen molar-refractivity contribution in [3.63, 3.8) is 0 Å². The molecule has 34 heavy (non-hydrogen) atoms. The topological polar surface area (TPSA) is 77.3 Å². The second-order valence-corrected chi connectivity index (χ2v) is 9.62. The van der Waals surface area contributed by atoms with Crippen molar-refractivity contribution in [2.24, 2.45) is 5.92 Å². The monoisotopic (exact) mass is 462 g/mol. The minimum atomic E-state index is -0.664. The number of carbonyl (C=O) groups excluding carboxylic acids is 2. The Hall–Kier alpha value is -3.11. The van der Waals surface area contributed by atoms with Crippen LogP contribution < -0.4 is 0 Å². The van der Waals surface area contributed by atoms with Crippen molar-refractivity contribution in [1.29, 1.82) is 5.26 Å². The van der Waals surface area contributed by atoms with Gasteiger partial charge >= 0.3 is 0 Å². The van der Waals surface area contributed by atoms with Gasteiger partial charge in [-0.15, -0.1) is 0 Å². The molecular weight excluding hydrogens is 431 g/mol. The van der Waals surface area contributed by atoms with Crippen LogP contribution in [0.5, 0.6) is 0 Å². The van der Waals surface area contributed by atoms with Crippen LogP contribution in [0.1, 0.15) is 64.5 Å². The van der Waals surface area contributed by atoms with Gasteiger partial charge in [0, 0.05) is 56.8 Å². The SMILES string of the molecule is Cc1c(CC(=O)c2ccc(CF)nc2)cc(C#N)cc1CN1CCN(C(=O)CC2CC2)[C@@H](C)C1.